The van der Waals surface area contributed by atoms with E-state index in [0.29, 0.717) is 19.4 Å². The summed E-state index contributed by atoms with van der Waals surface area (Å²) in [5.41, 5.74) is 0. The van der Waals surface area contributed by atoms with Crippen LogP contribution in [-0.2, 0) is 19.6 Å². The van der Waals surface area contributed by atoms with Gasteiger partial charge in [0.2, 0.25) is 10.0 Å². The molecule has 1 unspecified atom stereocenters. The monoisotopic (exact) mass is 267 g/mol. The van der Waals surface area contributed by atoms with Gasteiger partial charge in [-0.1, -0.05) is 13.3 Å². The average molecular weight is 267 g/mol. The number of ether oxygens (including phenoxy) is 1. The highest BCUT2D eigenvalue weighted by atomic mass is 32.2. The fraction of sp³-hybridized carbons (Fsp3) is 0.900. The maximum absolute atomic E-state index is 11.6. The molecule has 0 aliphatic carbocycles. The molecule has 0 aromatic rings. The fourth-order valence-electron chi connectivity index (χ4n) is 1.47. The molecule has 0 saturated heterocycles. The van der Waals surface area contributed by atoms with E-state index >= 15 is 0 Å². The molecule has 102 valence electrons. The van der Waals surface area contributed by atoms with Crippen LogP contribution in [0.3, 0.4) is 0 Å². The molecule has 0 saturated carbocycles. The summed E-state index contributed by atoms with van der Waals surface area (Å²) in [5.74, 6) is -1.04. The van der Waals surface area contributed by atoms with Crippen molar-refractivity contribution < 1.29 is 23.1 Å². The maximum Gasteiger partial charge on any atom is 0.304 e. The summed E-state index contributed by atoms with van der Waals surface area (Å²) in [5, 5.41) is 8.67. The zero-order chi connectivity index (χ0) is 13.3. The van der Waals surface area contributed by atoms with Gasteiger partial charge in [-0.25, -0.2) is 13.1 Å². The van der Waals surface area contributed by atoms with Crippen molar-refractivity contribution in [2.45, 2.75) is 38.6 Å². The summed E-state index contributed by atoms with van der Waals surface area (Å²) in [4.78, 5) is 10.6. The minimum absolute atomic E-state index is 0.0410. The number of carboxylic acid groups (broad SMARTS) is 1. The fourth-order valence-corrected chi connectivity index (χ4v) is 2.79. The molecule has 0 aliphatic rings. The number of nitrogens with one attached hydrogen (secondary N) is 1. The molecule has 17 heavy (non-hydrogen) atoms. The van der Waals surface area contributed by atoms with Crippen molar-refractivity contribution >= 4 is 16.0 Å². The van der Waals surface area contributed by atoms with E-state index in [2.05, 4.69) is 4.72 Å². The van der Waals surface area contributed by atoms with E-state index in [0.717, 1.165) is 6.42 Å². The van der Waals surface area contributed by atoms with Crippen molar-refractivity contribution in [3.8, 4) is 0 Å². The van der Waals surface area contributed by atoms with Crippen molar-refractivity contribution in [1.82, 2.24) is 4.72 Å². The van der Waals surface area contributed by atoms with E-state index in [1.807, 2.05) is 6.92 Å². The molecule has 0 aliphatic heterocycles. The van der Waals surface area contributed by atoms with E-state index < -0.39 is 22.0 Å². The lowest BCUT2D eigenvalue weighted by Gasteiger charge is -2.16. The first-order valence-electron chi connectivity index (χ1n) is 5.62. The molecule has 0 aromatic heterocycles. The van der Waals surface area contributed by atoms with Crippen LogP contribution in [0, 0.1) is 0 Å². The van der Waals surface area contributed by atoms with Crippen LogP contribution in [0.15, 0.2) is 0 Å². The van der Waals surface area contributed by atoms with E-state index in [1.165, 1.54) is 7.11 Å². The average Bonchev–Trinajstić information content (AvgIpc) is 2.16. The van der Waals surface area contributed by atoms with Crippen molar-refractivity contribution in [1.29, 1.82) is 0 Å². The topological polar surface area (TPSA) is 92.7 Å². The summed E-state index contributed by atoms with van der Waals surface area (Å²) in [6.45, 7) is 2.26. The Morgan fingerprint density at radius 1 is 1.47 bits per heavy atom. The van der Waals surface area contributed by atoms with E-state index in [9.17, 15) is 13.2 Å². The minimum Gasteiger partial charge on any atom is -0.481 e. The summed E-state index contributed by atoms with van der Waals surface area (Å²) in [7, 11) is -1.91. The molecule has 0 spiro atoms. The third-order valence-electron chi connectivity index (χ3n) is 2.17. The van der Waals surface area contributed by atoms with Gasteiger partial charge in [-0.2, -0.15) is 0 Å². The Morgan fingerprint density at radius 2 is 2.12 bits per heavy atom. The zero-order valence-corrected chi connectivity index (χ0v) is 11.1. The number of carbonyl (C=O) groups is 1. The Hall–Kier alpha value is -0.660. The number of carboxylic acids is 1. The van der Waals surface area contributed by atoms with Crippen LogP contribution in [0.1, 0.15) is 32.6 Å². The second kappa shape index (κ2) is 8.43. The van der Waals surface area contributed by atoms with Gasteiger partial charge in [-0.15, -0.1) is 0 Å². The van der Waals surface area contributed by atoms with Gasteiger partial charge >= 0.3 is 5.97 Å². The number of aliphatic carboxylic acids is 1. The van der Waals surface area contributed by atoms with Crippen LogP contribution in [0.2, 0.25) is 0 Å². The lowest BCUT2D eigenvalue weighted by Crippen LogP contribution is -2.38. The quantitative estimate of drug-likeness (QED) is 0.565. The number of hydrogen-bond donors (Lipinski definition) is 2. The smallest absolute Gasteiger partial charge is 0.304 e. The van der Waals surface area contributed by atoms with Gasteiger partial charge in [0, 0.05) is 19.8 Å². The zero-order valence-electron chi connectivity index (χ0n) is 10.3. The molecular formula is C10H21NO5S. The van der Waals surface area contributed by atoms with Crippen LogP contribution >= 0.6 is 0 Å². The van der Waals surface area contributed by atoms with Gasteiger partial charge in [0.1, 0.15) is 0 Å². The molecule has 6 nitrogen and oxygen atoms in total. The van der Waals surface area contributed by atoms with Crippen LogP contribution in [-0.4, -0.2) is 45.0 Å². The number of sulfonamides is 1. The molecule has 0 radical (unpaired) electrons. The number of methoxy groups -OCH3 is 1. The second-order valence-corrected chi connectivity index (χ2v) is 5.74. The summed E-state index contributed by atoms with van der Waals surface area (Å²) in [6, 6.07) is -0.523. The molecule has 2 N–H and O–H groups in total. The molecule has 7 heteroatoms. The Bertz CT molecular complexity index is 315. The molecule has 1 atom stereocenters. The first kappa shape index (κ1) is 16.3. The lowest BCUT2D eigenvalue weighted by molar-refractivity contribution is -0.137. The highest BCUT2D eigenvalue weighted by Crippen LogP contribution is 2.04. The lowest BCUT2D eigenvalue weighted by atomic mass is 10.1. The largest absolute Gasteiger partial charge is 0.481 e. The SMILES string of the molecule is CCCC(CC(=O)O)NS(=O)(=O)CCCOC. The Labute approximate surface area is 102 Å². The second-order valence-electron chi connectivity index (χ2n) is 3.87. The number of hydrogen-bond acceptors (Lipinski definition) is 4. The molecule has 0 rings (SSSR count). The summed E-state index contributed by atoms with van der Waals surface area (Å²) in [6.07, 6.45) is 1.48. The molecule has 0 bridgehead atoms. The van der Waals surface area contributed by atoms with Gasteiger partial charge < -0.3 is 9.84 Å². The Balaban J connectivity index is 4.25. The van der Waals surface area contributed by atoms with Gasteiger partial charge in [0.25, 0.3) is 0 Å². The first-order chi connectivity index (χ1) is 7.91. The highest BCUT2D eigenvalue weighted by molar-refractivity contribution is 7.89. The summed E-state index contributed by atoms with van der Waals surface area (Å²) >= 11 is 0. The van der Waals surface area contributed by atoms with Gasteiger partial charge in [-0.3, -0.25) is 4.79 Å². The third-order valence-corrected chi connectivity index (χ3v) is 3.68. The highest BCUT2D eigenvalue weighted by Gasteiger charge is 2.19. The Kier molecular flexibility index (Phi) is 8.11. The van der Waals surface area contributed by atoms with E-state index in [-0.39, 0.29) is 12.2 Å². The molecule has 0 fully saturated rings. The Morgan fingerprint density at radius 3 is 2.59 bits per heavy atom. The standard InChI is InChI=1S/C10H21NO5S/c1-3-5-9(8-10(12)13)11-17(14,15)7-4-6-16-2/h9,11H,3-8H2,1-2H3,(H,12,13). The van der Waals surface area contributed by atoms with Crippen LogP contribution in [0.25, 0.3) is 0 Å². The molecule has 0 heterocycles. The molecule has 0 amide bonds. The van der Waals surface area contributed by atoms with Crippen molar-refractivity contribution in [2.75, 3.05) is 19.5 Å². The van der Waals surface area contributed by atoms with Crippen LogP contribution in [0.5, 0.6) is 0 Å². The van der Waals surface area contributed by atoms with Crippen molar-refractivity contribution in [3.05, 3.63) is 0 Å². The van der Waals surface area contributed by atoms with Crippen LogP contribution < -0.4 is 4.72 Å². The van der Waals surface area contributed by atoms with E-state index in [1.54, 1.807) is 0 Å². The van der Waals surface area contributed by atoms with Crippen LogP contribution in [0.4, 0.5) is 0 Å². The maximum atomic E-state index is 11.6. The predicted molar refractivity (Wildman–Crippen MR) is 64.4 cm³/mol. The van der Waals surface area contributed by atoms with Gasteiger partial charge in [-0.05, 0) is 12.8 Å². The van der Waals surface area contributed by atoms with E-state index in [4.69, 9.17) is 9.84 Å². The number of rotatable bonds is 10. The predicted octanol–water partition coefficient (Wildman–Crippen LogP) is 0.586. The molecule has 0 aromatic carbocycles. The minimum atomic E-state index is -3.41. The van der Waals surface area contributed by atoms with Crippen molar-refractivity contribution in [2.24, 2.45) is 0 Å². The van der Waals surface area contributed by atoms with Gasteiger partial charge in [0.05, 0.1) is 12.2 Å². The first-order valence-corrected chi connectivity index (χ1v) is 7.27. The normalized spacial score (nSPS) is 13.5. The van der Waals surface area contributed by atoms with Crippen molar-refractivity contribution in [3.63, 3.8) is 0 Å². The third kappa shape index (κ3) is 9.08. The molecular weight excluding hydrogens is 246 g/mol. The summed E-state index contributed by atoms with van der Waals surface area (Å²) < 4.78 is 30.4. The van der Waals surface area contributed by atoms with Gasteiger partial charge in [0.15, 0.2) is 0 Å².